The molecule has 13 heavy (non-hydrogen) atoms. The molecule has 0 aliphatic heterocycles. The van der Waals surface area contributed by atoms with Gasteiger partial charge >= 0.3 is 0 Å². The van der Waals surface area contributed by atoms with Crippen LogP contribution in [-0.2, 0) is 0 Å². The minimum atomic E-state index is -0.565. The van der Waals surface area contributed by atoms with Crippen molar-refractivity contribution in [2.24, 2.45) is 5.73 Å². The Morgan fingerprint density at radius 1 is 1.46 bits per heavy atom. The van der Waals surface area contributed by atoms with E-state index in [0.717, 1.165) is 0 Å². The van der Waals surface area contributed by atoms with Crippen LogP contribution in [0.4, 0.5) is 4.39 Å². The molecule has 0 amide bonds. The molecule has 0 aromatic heterocycles. The quantitative estimate of drug-likeness (QED) is 0.720. The number of rotatable bonds is 4. The first kappa shape index (κ1) is 10.5. The molecule has 72 valence electrons. The van der Waals surface area contributed by atoms with Gasteiger partial charge in [0.15, 0.2) is 0 Å². The molecule has 0 radical (unpaired) electrons. The Kier molecular flexibility index (Phi) is 4.21. The van der Waals surface area contributed by atoms with Gasteiger partial charge in [0, 0.05) is 17.2 Å². The Morgan fingerprint density at radius 2 is 2.15 bits per heavy atom. The number of hydrogen-bond acceptors (Lipinski definition) is 3. The smallest absolute Gasteiger partial charge is 0.136 e. The zero-order chi connectivity index (χ0) is 9.68. The Morgan fingerprint density at radius 3 is 2.77 bits per heavy atom. The molecule has 1 atom stereocenters. The van der Waals surface area contributed by atoms with Gasteiger partial charge in [-0.2, -0.15) is 0 Å². The van der Waals surface area contributed by atoms with E-state index in [0.29, 0.717) is 10.6 Å². The van der Waals surface area contributed by atoms with Gasteiger partial charge in [0.1, 0.15) is 5.82 Å². The van der Waals surface area contributed by atoms with Crippen molar-refractivity contribution in [1.29, 1.82) is 0 Å². The molecule has 4 heteroatoms. The van der Waals surface area contributed by atoms with Crippen molar-refractivity contribution in [3.05, 3.63) is 30.1 Å². The number of benzene rings is 1. The standard InChI is InChI=1S/C9H12FNOS/c10-8-3-1-2-4-9(8)13-6-7(12)5-11/h1-4,7,12H,5-6,11H2/t7-/m0/s1. The molecule has 1 aromatic carbocycles. The van der Waals surface area contributed by atoms with Gasteiger partial charge in [-0.05, 0) is 12.1 Å². The molecule has 2 nitrogen and oxygen atoms in total. The fourth-order valence-electron chi connectivity index (χ4n) is 0.816. The van der Waals surface area contributed by atoms with Gasteiger partial charge in [-0.3, -0.25) is 0 Å². The summed E-state index contributed by atoms with van der Waals surface area (Å²) < 4.78 is 13.0. The minimum absolute atomic E-state index is 0.210. The van der Waals surface area contributed by atoms with Crippen LogP contribution in [0.15, 0.2) is 29.2 Å². The number of nitrogens with two attached hydrogens (primary N) is 1. The van der Waals surface area contributed by atoms with Gasteiger partial charge in [0.25, 0.3) is 0 Å². The van der Waals surface area contributed by atoms with Gasteiger partial charge in [-0.25, -0.2) is 4.39 Å². The molecule has 1 aromatic rings. The van der Waals surface area contributed by atoms with Crippen LogP contribution in [0.3, 0.4) is 0 Å². The predicted molar refractivity (Wildman–Crippen MR) is 52.2 cm³/mol. The monoisotopic (exact) mass is 201 g/mol. The summed E-state index contributed by atoms with van der Waals surface area (Å²) in [4.78, 5) is 0.551. The molecule has 0 spiro atoms. The zero-order valence-electron chi connectivity index (χ0n) is 7.11. The molecule has 3 N–H and O–H groups in total. The lowest BCUT2D eigenvalue weighted by Crippen LogP contribution is -2.21. The van der Waals surface area contributed by atoms with E-state index in [2.05, 4.69) is 0 Å². The van der Waals surface area contributed by atoms with Gasteiger partial charge in [-0.15, -0.1) is 11.8 Å². The van der Waals surface area contributed by atoms with Crippen LogP contribution in [0.2, 0.25) is 0 Å². The van der Waals surface area contributed by atoms with Crippen LogP contribution in [0.5, 0.6) is 0 Å². The lowest BCUT2D eigenvalue weighted by atomic mass is 10.3. The first-order valence-electron chi connectivity index (χ1n) is 3.99. The Hall–Kier alpha value is -0.580. The summed E-state index contributed by atoms with van der Waals surface area (Å²) in [5, 5.41) is 9.14. The molecule has 0 heterocycles. The maximum atomic E-state index is 13.0. The summed E-state index contributed by atoms with van der Waals surface area (Å²) in [5.74, 6) is 0.175. The van der Waals surface area contributed by atoms with E-state index in [1.807, 2.05) is 0 Å². The molecule has 0 fully saturated rings. The summed E-state index contributed by atoms with van der Waals surface area (Å²) in [7, 11) is 0. The van der Waals surface area contributed by atoms with E-state index in [9.17, 15) is 4.39 Å². The summed E-state index contributed by atoms with van der Waals surface area (Å²) >= 11 is 1.27. The molecular formula is C9H12FNOS. The first-order valence-corrected chi connectivity index (χ1v) is 4.98. The molecular weight excluding hydrogens is 189 g/mol. The number of halogens is 1. The zero-order valence-corrected chi connectivity index (χ0v) is 7.93. The topological polar surface area (TPSA) is 46.2 Å². The minimum Gasteiger partial charge on any atom is -0.391 e. The van der Waals surface area contributed by atoms with Crippen molar-refractivity contribution in [3.63, 3.8) is 0 Å². The molecule has 0 aliphatic carbocycles. The molecule has 0 saturated carbocycles. The van der Waals surface area contributed by atoms with E-state index >= 15 is 0 Å². The highest BCUT2D eigenvalue weighted by molar-refractivity contribution is 7.99. The van der Waals surface area contributed by atoms with Crippen molar-refractivity contribution in [2.45, 2.75) is 11.0 Å². The van der Waals surface area contributed by atoms with Crippen molar-refractivity contribution >= 4 is 11.8 Å². The third kappa shape index (κ3) is 3.34. The Balaban J connectivity index is 2.50. The molecule has 0 bridgehead atoms. The highest BCUT2D eigenvalue weighted by Crippen LogP contribution is 2.21. The number of aliphatic hydroxyl groups excluding tert-OH is 1. The van der Waals surface area contributed by atoms with Gasteiger partial charge in [-0.1, -0.05) is 12.1 Å². The maximum absolute atomic E-state index is 13.0. The summed E-state index contributed by atoms with van der Waals surface area (Å²) in [6, 6.07) is 6.49. The summed E-state index contributed by atoms with van der Waals surface area (Å²) in [6.07, 6.45) is -0.565. The second-order valence-electron chi connectivity index (χ2n) is 2.63. The molecule has 0 saturated heterocycles. The van der Waals surface area contributed by atoms with E-state index in [-0.39, 0.29) is 12.4 Å². The van der Waals surface area contributed by atoms with E-state index < -0.39 is 6.10 Å². The normalized spacial score (nSPS) is 12.8. The van der Waals surface area contributed by atoms with Crippen molar-refractivity contribution in [1.82, 2.24) is 0 Å². The number of thioether (sulfide) groups is 1. The van der Waals surface area contributed by atoms with Gasteiger partial charge in [0.2, 0.25) is 0 Å². The van der Waals surface area contributed by atoms with Crippen LogP contribution in [0.25, 0.3) is 0 Å². The van der Waals surface area contributed by atoms with E-state index in [1.54, 1.807) is 18.2 Å². The molecule has 0 aliphatic rings. The fourth-order valence-corrected chi connectivity index (χ4v) is 1.70. The highest BCUT2D eigenvalue weighted by atomic mass is 32.2. The largest absolute Gasteiger partial charge is 0.391 e. The third-order valence-electron chi connectivity index (χ3n) is 1.54. The Labute approximate surface area is 80.9 Å². The number of hydrogen-bond donors (Lipinski definition) is 2. The second-order valence-corrected chi connectivity index (χ2v) is 3.69. The summed E-state index contributed by atoms with van der Waals surface area (Å²) in [6.45, 7) is 0.210. The molecule has 0 unspecified atom stereocenters. The number of aliphatic hydroxyl groups is 1. The highest BCUT2D eigenvalue weighted by Gasteiger charge is 2.05. The Bertz CT molecular complexity index is 270. The van der Waals surface area contributed by atoms with Crippen molar-refractivity contribution in [3.8, 4) is 0 Å². The lowest BCUT2D eigenvalue weighted by Gasteiger charge is -2.06. The average molecular weight is 201 g/mol. The fraction of sp³-hybridized carbons (Fsp3) is 0.333. The van der Waals surface area contributed by atoms with Gasteiger partial charge in [0.05, 0.1) is 6.10 Å². The van der Waals surface area contributed by atoms with Crippen molar-refractivity contribution < 1.29 is 9.50 Å². The van der Waals surface area contributed by atoms with Crippen LogP contribution in [0.1, 0.15) is 0 Å². The maximum Gasteiger partial charge on any atom is 0.136 e. The van der Waals surface area contributed by atoms with Gasteiger partial charge < -0.3 is 10.8 Å². The third-order valence-corrected chi connectivity index (χ3v) is 2.73. The second kappa shape index (κ2) is 5.21. The predicted octanol–water partition coefficient (Wildman–Crippen LogP) is 1.24. The molecule has 1 rings (SSSR count). The lowest BCUT2D eigenvalue weighted by molar-refractivity contribution is 0.208. The van der Waals surface area contributed by atoms with Crippen LogP contribution >= 0.6 is 11.8 Å². The first-order chi connectivity index (χ1) is 6.24. The summed E-state index contributed by atoms with van der Waals surface area (Å²) in [5.41, 5.74) is 5.22. The van der Waals surface area contributed by atoms with E-state index in [4.69, 9.17) is 10.8 Å². The van der Waals surface area contributed by atoms with Crippen LogP contribution in [0, 0.1) is 5.82 Å². The van der Waals surface area contributed by atoms with Crippen LogP contribution < -0.4 is 5.73 Å². The van der Waals surface area contributed by atoms with E-state index in [1.165, 1.54) is 17.8 Å². The SMILES string of the molecule is NC[C@H](O)CSc1ccccc1F. The average Bonchev–Trinajstić information content (AvgIpc) is 2.16. The van der Waals surface area contributed by atoms with Crippen LogP contribution in [-0.4, -0.2) is 23.5 Å². The van der Waals surface area contributed by atoms with Crippen molar-refractivity contribution in [2.75, 3.05) is 12.3 Å².